The van der Waals surface area contributed by atoms with Crippen molar-refractivity contribution in [1.29, 1.82) is 0 Å². The summed E-state index contributed by atoms with van der Waals surface area (Å²) in [5, 5.41) is 4.28. The Hall–Kier alpha value is -4.42. The third kappa shape index (κ3) is 2.80. The predicted octanol–water partition coefficient (Wildman–Crippen LogP) is 5.90. The molecular weight excluding hydrogens is 456 g/mol. The number of anilines is 1. The molecule has 35 heavy (non-hydrogen) atoms. The summed E-state index contributed by atoms with van der Waals surface area (Å²) in [6.07, 6.45) is 0. The molecule has 2 aliphatic carbocycles. The topological polar surface area (TPSA) is 76.1 Å². The smallest absolute Gasteiger partial charge is 0.196 e. The Kier molecular flexibility index (Phi) is 4.16. The zero-order valence-electron chi connectivity index (χ0n) is 18.3. The number of rotatable bonds is 3. The Labute approximate surface area is 204 Å². The molecule has 6 heteroatoms. The molecule has 0 aliphatic heterocycles. The summed E-state index contributed by atoms with van der Waals surface area (Å²) in [6.45, 7) is 0.400. The lowest BCUT2D eigenvalue weighted by atomic mass is 9.83. The number of nitrogens with one attached hydrogen (secondary N) is 1. The van der Waals surface area contributed by atoms with Crippen molar-refractivity contribution in [3.05, 3.63) is 118 Å². The van der Waals surface area contributed by atoms with Gasteiger partial charge in [-0.1, -0.05) is 54.6 Å². The van der Waals surface area contributed by atoms with E-state index in [0.717, 1.165) is 32.6 Å². The Morgan fingerprint density at radius 1 is 0.657 bits per heavy atom. The van der Waals surface area contributed by atoms with E-state index in [0.29, 0.717) is 39.9 Å². The fourth-order valence-electron chi connectivity index (χ4n) is 5.08. The number of fused-ring (bicyclic) bond motifs is 4. The van der Waals surface area contributed by atoms with Crippen molar-refractivity contribution >= 4 is 44.7 Å². The molecule has 1 aromatic heterocycles. The maximum Gasteiger partial charge on any atom is 0.196 e. The second-order valence-electron chi connectivity index (χ2n) is 8.70. The van der Waals surface area contributed by atoms with Crippen molar-refractivity contribution in [2.24, 2.45) is 0 Å². The number of carbonyl (C=O) groups excluding carboxylic acids is 3. The largest absolute Gasteiger partial charge is 0.380 e. The molecule has 0 atom stereocenters. The first-order chi connectivity index (χ1) is 17.1. The van der Waals surface area contributed by atoms with E-state index in [4.69, 9.17) is 0 Å². The van der Waals surface area contributed by atoms with Crippen molar-refractivity contribution in [2.45, 2.75) is 6.54 Å². The molecule has 7 rings (SSSR count). The lowest BCUT2D eigenvalue weighted by molar-refractivity contribution is 0.0979. The highest BCUT2D eigenvalue weighted by Crippen LogP contribution is 2.43. The van der Waals surface area contributed by atoms with Crippen LogP contribution in [0.4, 0.5) is 5.69 Å². The molecule has 0 fully saturated rings. The third-order valence-corrected chi connectivity index (χ3v) is 7.58. The number of hydrogen-bond donors (Lipinski definition) is 1. The van der Waals surface area contributed by atoms with Crippen LogP contribution in [0.25, 0.3) is 21.3 Å². The van der Waals surface area contributed by atoms with E-state index in [2.05, 4.69) is 9.69 Å². The van der Waals surface area contributed by atoms with Gasteiger partial charge in [0.1, 0.15) is 0 Å². The highest BCUT2D eigenvalue weighted by molar-refractivity contribution is 7.13. The van der Waals surface area contributed by atoms with Crippen LogP contribution in [-0.4, -0.2) is 21.7 Å². The molecule has 2 aliphatic rings. The van der Waals surface area contributed by atoms with Gasteiger partial charge in [-0.05, 0) is 41.4 Å². The van der Waals surface area contributed by atoms with Crippen molar-refractivity contribution in [2.75, 3.05) is 5.32 Å². The summed E-state index contributed by atoms with van der Waals surface area (Å²) in [5.41, 5.74) is 6.29. The van der Waals surface area contributed by atoms with E-state index in [9.17, 15) is 14.4 Å². The van der Waals surface area contributed by atoms with Gasteiger partial charge in [0.25, 0.3) is 0 Å². The van der Waals surface area contributed by atoms with Crippen LogP contribution in [0.1, 0.15) is 53.3 Å². The summed E-state index contributed by atoms with van der Waals surface area (Å²) in [5.74, 6) is -0.301. The fourth-order valence-corrected chi connectivity index (χ4v) is 5.88. The Balaban J connectivity index is 1.26. The van der Waals surface area contributed by atoms with Gasteiger partial charge < -0.3 is 5.32 Å². The quantitative estimate of drug-likeness (QED) is 0.347. The normalized spacial score (nSPS) is 13.4. The van der Waals surface area contributed by atoms with Gasteiger partial charge in [-0.3, -0.25) is 14.4 Å². The molecule has 0 bridgehead atoms. The first kappa shape index (κ1) is 20.0. The molecule has 5 aromatic rings. The first-order valence-corrected chi connectivity index (χ1v) is 12.0. The minimum atomic E-state index is -0.144. The van der Waals surface area contributed by atoms with E-state index in [1.165, 1.54) is 11.5 Å². The van der Waals surface area contributed by atoms with E-state index in [-0.39, 0.29) is 17.3 Å². The second kappa shape index (κ2) is 7.29. The first-order valence-electron chi connectivity index (χ1n) is 11.2. The van der Waals surface area contributed by atoms with Gasteiger partial charge >= 0.3 is 0 Å². The number of benzene rings is 4. The van der Waals surface area contributed by atoms with Gasteiger partial charge in [0.15, 0.2) is 17.3 Å². The third-order valence-electron chi connectivity index (χ3n) is 6.77. The summed E-state index contributed by atoms with van der Waals surface area (Å²) in [4.78, 5) is 39.4. The molecule has 0 amide bonds. The van der Waals surface area contributed by atoms with Gasteiger partial charge in [0.2, 0.25) is 0 Å². The maximum atomic E-state index is 13.5. The molecule has 0 saturated carbocycles. The maximum absolute atomic E-state index is 13.5. The highest BCUT2D eigenvalue weighted by Gasteiger charge is 2.31. The standard InChI is InChI=1S/C29H16N2O3S/c32-27-18-7-3-4-8-19(18)28(33)21-13-15(9-10-20(21)27)14-30-22-11-12-23-25-24(22)29(34)17-6-2-1-5-16(17)26(25)31-35-23/h1-13,30H,14H2. The highest BCUT2D eigenvalue weighted by atomic mass is 32.1. The number of aromatic nitrogens is 1. The molecule has 0 unspecified atom stereocenters. The molecule has 5 nitrogen and oxygen atoms in total. The zero-order chi connectivity index (χ0) is 23.7. The van der Waals surface area contributed by atoms with Crippen molar-refractivity contribution in [1.82, 2.24) is 4.37 Å². The summed E-state index contributed by atoms with van der Waals surface area (Å²) >= 11 is 1.39. The fraction of sp³-hybridized carbons (Fsp3) is 0.0345. The van der Waals surface area contributed by atoms with E-state index in [1.807, 2.05) is 42.5 Å². The minimum Gasteiger partial charge on any atom is -0.380 e. The number of carbonyl (C=O) groups is 3. The average Bonchev–Trinajstić information content (AvgIpc) is 3.34. The van der Waals surface area contributed by atoms with Gasteiger partial charge in [0.05, 0.1) is 16.0 Å². The average molecular weight is 473 g/mol. The predicted molar refractivity (Wildman–Crippen MR) is 136 cm³/mol. The SMILES string of the molecule is O=C1c2ccccc2C(=O)c2cc(CNc3ccc4snc5c4c3C(=O)c3ccccc3-5)ccc21. The Morgan fingerprint density at radius 2 is 1.29 bits per heavy atom. The lowest BCUT2D eigenvalue weighted by Gasteiger charge is -2.20. The number of hydrogen-bond acceptors (Lipinski definition) is 6. The van der Waals surface area contributed by atoms with Crippen molar-refractivity contribution in [3.63, 3.8) is 0 Å². The molecule has 0 spiro atoms. The van der Waals surface area contributed by atoms with Crippen molar-refractivity contribution < 1.29 is 14.4 Å². The van der Waals surface area contributed by atoms with E-state index >= 15 is 0 Å². The summed E-state index contributed by atoms with van der Waals surface area (Å²) < 4.78 is 5.61. The Bertz CT molecular complexity index is 1770. The van der Waals surface area contributed by atoms with Crippen LogP contribution in [-0.2, 0) is 6.54 Å². The van der Waals surface area contributed by atoms with Crippen LogP contribution in [0.5, 0.6) is 0 Å². The van der Waals surface area contributed by atoms with E-state index < -0.39 is 0 Å². The van der Waals surface area contributed by atoms with Crippen LogP contribution in [0.2, 0.25) is 0 Å². The molecule has 0 radical (unpaired) electrons. The van der Waals surface area contributed by atoms with Crippen molar-refractivity contribution in [3.8, 4) is 11.3 Å². The summed E-state index contributed by atoms with van der Waals surface area (Å²) in [7, 11) is 0. The minimum absolute atomic E-state index is 0.0239. The lowest BCUT2D eigenvalue weighted by Crippen LogP contribution is -2.21. The molecular formula is C29H16N2O3S. The monoisotopic (exact) mass is 472 g/mol. The Morgan fingerprint density at radius 3 is 2.03 bits per heavy atom. The zero-order valence-corrected chi connectivity index (χ0v) is 19.1. The van der Waals surface area contributed by atoms with Gasteiger partial charge in [-0.2, -0.15) is 4.37 Å². The van der Waals surface area contributed by atoms with Crippen LogP contribution in [0.3, 0.4) is 0 Å². The summed E-state index contributed by atoms with van der Waals surface area (Å²) in [6, 6.07) is 23.7. The molecule has 166 valence electrons. The van der Waals surface area contributed by atoms with Gasteiger partial charge in [-0.15, -0.1) is 0 Å². The molecule has 0 saturated heterocycles. The number of ketones is 3. The van der Waals surface area contributed by atoms with Crippen LogP contribution in [0.15, 0.2) is 78.9 Å². The molecule has 4 aromatic carbocycles. The second-order valence-corrected chi connectivity index (χ2v) is 9.51. The van der Waals surface area contributed by atoms with Crippen LogP contribution in [0, 0.1) is 0 Å². The van der Waals surface area contributed by atoms with Crippen LogP contribution < -0.4 is 5.32 Å². The van der Waals surface area contributed by atoms with Gasteiger partial charge in [0, 0.05) is 51.0 Å². The van der Waals surface area contributed by atoms with Gasteiger partial charge in [-0.25, -0.2) is 0 Å². The molecule has 1 N–H and O–H groups in total. The molecule has 1 heterocycles. The number of nitrogens with zero attached hydrogens (tertiary/aromatic N) is 1. The van der Waals surface area contributed by atoms with Crippen LogP contribution >= 0.6 is 11.5 Å². The van der Waals surface area contributed by atoms with E-state index in [1.54, 1.807) is 36.4 Å².